The zero-order chi connectivity index (χ0) is 7.56. The average molecular weight is 159 g/mol. The van der Waals surface area contributed by atoms with Crippen molar-refractivity contribution in [2.75, 3.05) is 13.6 Å². The summed E-state index contributed by atoms with van der Waals surface area (Å²) in [5, 5.41) is 0.691. The van der Waals surface area contributed by atoms with Crippen LogP contribution >= 0.6 is 11.8 Å². The molecule has 1 heterocycles. The summed E-state index contributed by atoms with van der Waals surface area (Å²) in [4.78, 5) is 12.9. The number of rotatable bonds is 1. The molecular formula is C7H13NOS. The molecule has 58 valence electrons. The SMILES string of the molecule is CC(=O)S[C@H]1CCCN1C. The molecule has 1 aliphatic rings. The predicted molar refractivity (Wildman–Crippen MR) is 43.9 cm³/mol. The predicted octanol–water partition coefficient (Wildman–Crippen LogP) is 1.32. The highest BCUT2D eigenvalue weighted by atomic mass is 32.2. The Morgan fingerprint density at radius 1 is 1.70 bits per heavy atom. The van der Waals surface area contributed by atoms with Crippen molar-refractivity contribution < 1.29 is 4.79 Å². The summed E-state index contributed by atoms with van der Waals surface area (Å²) < 4.78 is 0. The molecule has 0 spiro atoms. The topological polar surface area (TPSA) is 20.3 Å². The Morgan fingerprint density at radius 3 is 2.80 bits per heavy atom. The van der Waals surface area contributed by atoms with Crippen molar-refractivity contribution in [1.82, 2.24) is 4.90 Å². The van der Waals surface area contributed by atoms with Crippen molar-refractivity contribution in [2.45, 2.75) is 25.1 Å². The maximum absolute atomic E-state index is 10.7. The van der Waals surface area contributed by atoms with Crippen molar-refractivity contribution in [2.24, 2.45) is 0 Å². The standard InChI is InChI=1S/C7H13NOS/c1-6(9)10-7-4-3-5-8(7)2/h7H,3-5H2,1-2H3/t7-/m0/s1. The molecule has 0 aromatic carbocycles. The molecule has 0 radical (unpaired) electrons. The van der Waals surface area contributed by atoms with Crippen LogP contribution in [0.2, 0.25) is 0 Å². The molecular weight excluding hydrogens is 146 g/mol. The molecule has 1 rings (SSSR count). The average Bonchev–Trinajstić information content (AvgIpc) is 2.15. The van der Waals surface area contributed by atoms with Gasteiger partial charge in [0.1, 0.15) is 0 Å². The minimum Gasteiger partial charge on any atom is -0.294 e. The first kappa shape index (κ1) is 8.08. The van der Waals surface area contributed by atoms with Crippen LogP contribution < -0.4 is 0 Å². The van der Waals surface area contributed by atoms with Crippen molar-refractivity contribution in [1.29, 1.82) is 0 Å². The third-order valence-corrected chi connectivity index (χ3v) is 2.96. The van der Waals surface area contributed by atoms with Gasteiger partial charge in [0.2, 0.25) is 0 Å². The molecule has 0 aromatic rings. The molecule has 0 bridgehead atoms. The Labute approximate surface area is 66.0 Å². The van der Waals surface area contributed by atoms with E-state index in [0.29, 0.717) is 5.37 Å². The molecule has 1 saturated heterocycles. The Kier molecular flexibility index (Phi) is 2.74. The van der Waals surface area contributed by atoms with Gasteiger partial charge in [0.25, 0.3) is 0 Å². The van der Waals surface area contributed by atoms with Gasteiger partial charge >= 0.3 is 0 Å². The molecule has 2 nitrogen and oxygen atoms in total. The van der Waals surface area contributed by atoms with E-state index in [1.165, 1.54) is 24.6 Å². The van der Waals surface area contributed by atoms with E-state index in [1.807, 2.05) is 0 Å². The lowest BCUT2D eigenvalue weighted by Crippen LogP contribution is -2.22. The largest absolute Gasteiger partial charge is 0.294 e. The Balaban J connectivity index is 2.33. The monoisotopic (exact) mass is 159 g/mol. The summed E-state index contributed by atoms with van der Waals surface area (Å²) in [5.74, 6) is 0. The summed E-state index contributed by atoms with van der Waals surface area (Å²) in [7, 11) is 2.08. The third kappa shape index (κ3) is 1.99. The molecule has 1 fully saturated rings. The van der Waals surface area contributed by atoms with Crippen molar-refractivity contribution in [3.8, 4) is 0 Å². The van der Waals surface area contributed by atoms with Crippen LogP contribution in [0.1, 0.15) is 19.8 Å². The van der Waals surface area contributed by atoms with E-state index in [-0.39, 0.29) is 5.12 Å². The van der Waals surface area contributed by atoms with Gasteiger partial charge in [-0.1, -0.05) is 11.8 Å². The summed E-state index contributed by atoms with van der Waals surface area (Å²) in [5.41, 5.74) is 0. The second-order valence-corrected chi connectivity index (χ2v) is 4.04. The van der Waals surface area contributed by atoms with Crippen LogP contribution in [-0.2, 0) is 4.79 Å². The lowest BCUT2D eigenvalue weighted by atomic mass is 10.4. The van der Waals surface area contributed by atoms with Crippen LogP contribution in [0, 0.1) is 0 Å². The fourth-order valence-corrected chi connectivity index (χ4v) is 2.17. The van der Waals surface area contributed by atoms with Crippen LogP contribution in [0.3, 0.4) is 0 Å². The van der Waals surface area contributed by atoms with Crippen LogP contribution in [0.5, 0.6) is 0 Å². The van der Waals surface area contributed by atoms with Crippen LogP contribution in [-0.4, -0.2) is 29.0 Å². The third-order valence-electron chi connectivity index (χ3n) is 1.76. The first-order valence-electron chi connectivity index (χ1n) is 3.57. The molecule has 0 aliphatic carbocycles. The van der Waals surface area contributed by atoms with E-state index < -0.39 is 0 Å². The minimum atomic E-state index is 0.235. The molecule has 0 aromatic heterocycles. The zero-order valence-corrected chi connectivity index (χ0v) is 7.28. The summed E-state index contributed by atoms with van der Waals surface area (Å²) in [6, 6.07) is 0. The molecule has 10 heavy (non-hydrogen) atoms. The minimum absolute atomic E-state index is 0.235. The number of likely N-dealkylation sites (tertiary alicyclic amines) is 1. The number of carbonyl (C=O) groups excluding carboxylic acids is 1. The van der Waals surface area contributed by atoms with Crippen molar-refractivity contribution in [3.05, 3.63) is 0 Å². The summed E-state index contributed by atoms with van der Waals surface area (Å²) in [6.07, 6.45) is 2.40. The number of carbonyl (C=O) groups is 1. The van der Waals surface area contributed by atoms with Gasteiger partial charge in [-0.2, -0.15) is 0 Å². The second kappa shape index (κ2) is 3.39. The molecule has 0 unspecified atom stereocenters. The number of nitrogens with zero attached hydrogens (tertiary/aromatic N) is 1. The molecule has 0 saturated carbocycles. The highest BCUT2D eigenvalue weighted by Gasteiger charge is 2.22. The quantitative estimate of drug-likeness (QED) is 0.575. The van der Waals surface area contributed by atoms with Gasteiger partial charge in [-0.05, 0) is 26.4 Å². The normalized spacial score (nSPS) is 27.2. The Bertz CT molecular complexity index is 138. The van der Waals surface area contributed by atoms with Crippen LogP contribution in [0.4, 0.5) is 0 Å². The number of thioether (sulfide) groups is 1. The smallest absolute Gasteiger partial charge is 0.187 e. The fourth-order valence-electron chi connectivity index (χ4n) is 1.22. The molecule has 1 aliphatic heterocycles. The molecule has 0 amide bonds. The molecule has 1 atom stereocenters. The molecule has 0 N–H and O–H groups in total. The maximum Gasteiger partial charge on any atom is 0.187 e. The van der Waals surface area contributed by atoms with Gasteiger partial charge in [-0.15, -0.1) is 0 Å². The lowest BCUT2D eigenvalue weighted by molar-refractivity contribution is -0.109. The second-order valence-electron chi connectivity index (χ2n) is 2.69. The lowest BCUT2D eigenvalue weighted by Gasteiger charge is -2.16. The first-order chi connectivity index (χ1) is 4.70. The van der Waals surface area contributed by atoms with E-state index in [2.05, 4.69) is 11.9 Å². The highest BCUT2D eigenvalue weighted by molar-refractivity contribution is 8.14. The summed E-state index contributed by atoms with van der Waals surface area (Å²) in [6.45, 7) is 2.78. The van der Waals surface area contributed by atoms with Crippen LogP contribution in [0.15, 0.2) is 0 Å². The number of hydrogen-bond donors (Lipinski definition) is 0. The Morgan fingerprint density at radius 2 is 2.40 bits per heavy atom. The van der Waals surface area contributed by atoms with E-state index in [4.69, 9.17) is 0 Å². The van der Waals surface area contributed by atoms with Gasteiger partial charge in [0.15, 0.2) is 5.12 Å². The maximum atomic E-state index is 10.7. The molecule has 3 heteroatoms. The van der Waals surface area contributed by atoms with Crippen molar-refractivity contribution in [3.63, 3.8) is 0 Å². The Hall–Kier alpha value is -0.0200. The van der Waals surface area contributed by atoms with Gasteiger partial charge in [0, 0.05) is 6.92 Å². The first-order valence-corrected chi connectivity index (χ1v) is 4.45. The van der Waals surface area contributed by atoms with Crippen molar-refractivity contribution >= 4 is 16.9 Å². The van der Waals surface area contributed by atoms with Crippen LogP contribution in [0.25, 0.3) is 0 Å². The zero-order valence-electron chi connectivity index (χ0n) is 6.46. The van der Waals surface area contributed by atoms with Gasteiger partial charge in [-0.25, -0.2) is 0 Å². The fraction of sp³-hybridized carbons (Fsp3) is 0.857. The van der Waals surface area contributed by atoms with E-state index in [0.717, 1.165) is 6.54 Å². The van der Waals surface area contributed by atoms with Gasteiger partial charge in [0.05, 0.1) is 5.37 Å². The highest BCUT2D eigenvalue weighted by Crippen LogP contribution is 2.25. The summed E-state index contributed by atoms with van der Waals surface area (Å²) >= 11 is 1.46. The van der Waals surface area contributed by atoms with Gasteiger partial charge in [-0.3, -0.25) is 9.69 Å². The number of hydrogen-bond acceptors (Lipinski definition) is 3. The van der Waals surface area contributed by atoms with E-state index in [9.17, 15) is 4.79 Å². The van der Waals surface area contributed by atoms with E-state index >= 15 is 0 Å². The van der Waals surface area contributed by atoms with E-state index in [1.54, 1.807) is 6.92 Å². The van der Waals surface area contributed by atoms with Gasteiger partial charge < -0.3 is 0 Å².